The van der Waals surface area contributed by atoms with E-state index in [-0.39, 0.29) is 0 Å². The summed E-state index contributed by atoms with van der Waals surface area (Å²) in [6.07, 6.45) is 9.01. The lowest BCUT2D eigenvalue weighted by Crippen LogP contribution is -2.36. The molecule has 0 aromatic heterocycles. The minimum Gasteiger partial charge on any atom is -0.313 e. The summed E-state index contributed by atoms with van der Waals surface area (Å²) in [7, 11) is 2.06. The fourth-order valence-electron chi connectivity index (χ4n) is 2.79. The zero-order valence-electron chi connectivity index (χ0n) is 9.66. The van der Waals surface area contributed by atoms with Gasteiger partial charge in [-0.1, -0.05) is 26.0 Å². The third kappa shape index (κ3) is 2.03. The van der Waals surface area contributed by atoms with Crippen molar-refractivity contribution in [3.8, 4) is 0 Å². The number of hydrogen-bond acceptors (Lipinski definition) is 1. The molecule has 0 radical (unpaired) electrons. The number of nitrogens with one attached hydrogen (secondary N) is 1. The van der Waals surface area contributed by atoms with Crippen molar-refractivity contribution >= 4 is 0 Å². The van der Waals surface area contributed by atoms with E-state index in [1.807, 2.05) is 0 Å². The van der Waals surface area contributed by atoms with E-state index in [4.69, 9.17) is 0 Å². The van der Waals surface area contributed by atoms with Gasteiger partial charge in [0.25, 0.3) is 0 Å². The average molecular weight is 193 g/mol. The monoisotopic (exact) mass is 193 g/mol. The molecule has 0 bridgehead atoms. The van der Waals surface area contributed by atoms with Crippen molar-refractivity contribution in [1.82, 2.24) is 5.32 Å². The first kappa shape index (κ1) is 10.2. The van der Waals surface area contributed by atoms with E-state index < -0.39 is 0 Å². The Morgan fingerprint density at radius 2 is 2.07 bits per heavy atom. The SMILES string of the molecule is CNC1C=CC1CC[C@H]1C[C@H]1C(C)C. The van der Waals surface area contributed by atoms with Crippen molar-refractivity contribution in [3.05, 3.63) is 12.2 Å². The van der Waals surface area contributed by atoms with Crippen LogP contribution in [0.1, 0.15) is 33.1 Å². The van der Waals surface area contributed by atoms with Gasteiger partial charge in [0.2, 0.25) is 0 Å². The summed E-state index contributed by atoms with van der Waals surface area (Å²) in [6, 6.07) is 0.672. The molecule has 2 aliphatic rings. The van der Waals surface area contributed by atoms with Gasteiger partial charge in [-0.15, -0.1) is 0 Å². The second kappa shape index (κ2) is 4.06. The van der Waals surface area contributed by atoms with Crippen LogP contribution in [0, 0.1) is 23.7 Å². The van der Waals surface area contributed by atoms with Crippen LogP contribution < -0.4 is 5.32 Å². The molecule has 0 aliphatic heterocycles. The molecule has 14 heavy (non-hydrogen) atoms. The Balaban J connectivity index is 1.63. The van der Waals surface area contributed by atoms with Gasteiger partial charge in [0.05, 0.1) is 0 Å². The van der Waals surface area contributed by atoms with E-state index in [0.29, 0.717) is 6.04 Å². The Hall–Kier alpha value is -0.300. The molecule has 1 heteroatoms. The first-order valence-electron chi connectivity index (χ1n) is 6.08. The van der Waals surface area contributed by atoms with Gasteiger partial charge < -0.3 is 5.32 Å². The zero-order chi connectivity index (χ0) is 10.1. The average Bonchev–Trinajstić information content (AvgIpc) is 2.83. The molecule has 0 amide bonds. The molecule has 1 N–H and O–H groups in total. The summed E-state index contributed by atoms with van der Waals surface area (Å²) in [5.41, 5.74) is 0. The lowest BCUT2D eigenvalue weighted by atomic mass is 9.84. The summed E-state index contributed by atoms with van der Waals surface area (Å²) in [4.78, 5) is 0. The molecule has 0 aromatic rings. The molecule has 0 aromatic carbocycles. The first-order chi connectivity index (χ1) is 6.72. The Kier molecular flexibility index (Phi) is 2.96. The van der Waals surface area contributed by atoms with Crippen molar-refractivity contribution in [2.24, 2.45) is 23.7 Å². The largest absolute Gasteiger partial charge is 0.313 e. The van der Waals surface area contributed by atoms with Gasteiger partial charge in [0.15, 0.2) is 0 Å². The molecule has 1 fully saturated rings. The Labute approximate surface area is 88.0 Å². The number of likely N-dealkylation sites (N-methyl/N-ethyl adjacent to an activating group) is 1. The molecule has 4 atom stereocenters. The predicted molar refractivity (Wildman–Crippen MR) is 61.1 cm³/mol. The van der Waals surface area contributed by atoms with E-state index in [2.05, 4.69) is 38.4 Å². The molecule has 80 valence electrons. The van der Waals surface area contributed by atoms with Gasteiger partial charge in [0.1, 0.15) is 0 Å². The Morgan fingerprint density at radius 3 is 2.50 bits per heavy atom. The minimum atomic E-state index is 0.672. The van der Waals surface area contributed by atoms with Crippen LogP contribution in [-0.2, 0) is 0 Å². The Morgan fingerprint density at radius 1 is 1.29 bits per heavy atom. The lowest BCUT2D eigenvalue weighted by molar-refractivity contribution is 0.398. The van der Waals surface area contributed by atoms with Crippen LogP contribution in [0.5, 0.6) is 0 Å². The van der Waals surface area contributed by atoms with Gasteiger partial charge in [-0.2, -0.15) is 0 Å². The van der Waals surface area contributed by atoms with Gasteiger partial charge >= 0.3 is 0 Å². The van der Waals surface area contributed by atoms with Crippen LogP contribution in [-0.4, -0.2) is 13.1 Å². The van der Waals surface area contributed by atoms with Crippen LogP contribution in [0.15, 0.2) is 12.2 Å². The van der Waals surface area contributed by atoms with Crippen molar-refractivity contribution in [3.63, 3.8) is 0 Å². The van der Waals surface area contributed by atoms with E-state index >= 15 is 0 Å². The number of rotatable bonds is 5. The third-order valence-corrected chi connectivity index (χ3v) is 4.06. The molecule has 1 nitrogen and oxygen atoms in total. The fourth-order valence-corrected chi connectivity index (χ4v) is 2.79. The standard InChI is InChI=1S/C13H23N/c1-9(2)12-8-11(12)5-4-10-6-7-13(10)14-3/h6-7,9-14H,4-5,8H2,1-3H3/t10?,11-,12-,13?/m0/s1. The molecule has 2 rings (SSSR count). The van der Waals surface area contributed by atoms with Crippen LogP contribution in [0.4, 0.5) is 0 Å². The molecule has 0 heterocycles. The summed E-state index contributed by atoms with van der Waals surface area (Å²) in [6.45, 7) is 4.73. The van der Waals surface area contributed by atoms with E-state index in [9.17, 15) is 0 Å². The highest BCUT2D eigenvalue weighted by Crippen LogP contribution is 2.47. The maximum Gasteiger partial charge on any atom is 0.0310 e. The third-order valence-electron chi connectivity index (χ3n) is 4.06. The lowest BCUT2D eigenvalue weighted by Gasteiger charge is -2.29. The predicted octanol–water partition coefficient (Wildman–Crippen LogP) is 2.83. The van der Waals surface area contributed by atoms with Gasteiger partial charge in [-0.3, -0.25) is 0 Å². The maximum atomic E-state index is 3.34. The van der Waals surface area contributed by atoms with E-state index in [1.165, 1.54) is 19.3 Å². The normalized spacial score (nSPS) is 40.0. The molecule has 1 saturated carbocycles. The van der Waals surface area contributed by atoms with E-state index in [1.54, 1.807) is 0 Å². The Bertz CT molecular complexity index is 219. The second-order valence-corrected chi connectivity index (χ2v) is 5.34. The summed E-state index contributed by atoms with van der Waals surface area (Å²) in [5.74, 6) is 3.85. The van der Waals surface area contributed by atoms with Crippen molar-refractivity contribution in [1.29, 1.82) is 0 Å². The zero-order valence-corrected chi connectivity index (χ0v) is 9.66. The van der Waals surface area contributed by atoms with Crippen molar-refractivity contribution in [2.75, 3.05) is 7.05 Å². The first-order valence-corrected chi connectivity index (χ1v) is 6.08. The quantitative estimate of drug-likeness (QED) is 0.662. The van der Waals surface area contributed by atoms with Crippen molar-refractivity contribution in [2.45, 2.75) is 39.2 Å². The fraction of sp³-hybridized carbons (Fsp3) is 0.846. The van der Waals surface area contributed by atoms with Gasteiger partial charge in [-0.05, 0) is 50.0 Å². The summed E-state index contributed by atoms with van der Waals surface area (Å²) in [5, 5.41) is 3.34. The van der Waals surface area contributed by atoms with Crippen molar-refractivity contribution < 1.29 is 0 Å². The minimum absolute atomic E-state index is 0.672. The summed E-state index contributed by atoms with van der Waals surface area (Å²) >= 11 is 0. The molecule has 0 spiro atoms. The highest BCUT2D eigenvalue weighted by Gasteiger charge is 2.39. The highest BCUT2D eigenvalue weighted by atomic mass is 14.9. The topological polar surface area (TPSA) is 12.0 Å². The molecular weight excluding hydrogens is 170 g/mol. The van der Waals surface area contributed by atoms with Crippen LogP contribution in [0.25, 0.3) is 0 Å². The van der Waals surface area contributed by atoms with Gasteiger partial charge in [-0.25, -0.2) is 0 Å². The molecular formula is C13H23N. The van der Waals surface area contributed by atoms with Crippen LogP contribution in [0.2, 0.25) is 0 Å². The summed E-state index contributed by atoms with van der Waals surface area (Å²) < 4.78 is 0. The number of hydrogen-bond donors (Lipinski definition) is 1. The smallest absolute Gasteiger partial charge is 0.0310 e. The molecule has 0 saturated heterocycles. The van der Waals surface area contributed by atoms with Gasteiger partial charge in [0, 0.05) is 6.04 Å². The van der Waals surface area contributed by atoms with Crippen LogP contribution >= 0.6 is 0 Å². The molecule has 2 unspecified atom stereocenters. The maximum absolute atomic E-state index is 3.34. The van der Waals surface area contributed by atoms with E-state index in [0.717, 1.165) is 23.7 Å². The highest BCUT2D eigenvalue weighted by molar-refractivity contribution is 5.13. The van der Waals surface area contributed by atoms with Crippen LogP contribution in [0.3, 0.4) is 0 Å². The molecule has 2 aliphatic carbocycles. The second-order valence-electron chi connectivity index (χ2n) is 5.34.